The molecule has 2 atom stereocenters. The number of aromatic nitrogens is 2. The van der Waals surface area contributed by atoms with Crippen LogP contribution in [0.1, 0.15) is 56.1 Å². The fourth-order valence-electron chi connectivity index (χ4n) is 5.72. The molecule has 1 heterocycles. The van der Waals surface area contributed by atoms with E-state index < -0.39 is 5.41 Å². The average Bonchev–Trinajstić information content (AvgIpc) is 2.96. The second-order valence-corrected chi connectivity index (χ2v) is 10.7. The predicted molar refractivity (Wildman–Crippen MR) is 126 cm³/mol. The van der Waals surface area contributed by atoms with E-state index in [1.165, 1.54) is 11.1 Å². The molecule has 2 aliphatic carbocycles. The van der Waals surface area contributed by atoms with Crippen LogP contribution >= 0.6 is 23.2 Å². The van der Waals surface area contributed by atoms with E-state index >= 15 is 0 Å². The van der Waals surface area contributed by atoms with Gasteiger partial charge >= 0.3 is 0 Å². The molecule has 2 unspecified atom stereocenters. The second-order valence-electron chi connectivity index (χ2n) is 9.82. The maximum atomic E-state index is 13.9. The van der Waals surface area contributed by atoms with Crippen LogP contribution in [0.15, 0.2) is 30.3 Å². The van der Waals surface area contributed by atoms with E-state index in [1.807, 2.05) is 0 Å². The van der Waals surface area contributed by atoms with Gasteiger partial charge in [-0.3, -0.25) is 4.79 Å². The smallest absolute Gasteiger partial charge is 0.237 e. The maximum absolute atomic E-state index is 13.9. The minimum Gasteiger partial charge on any atom is -0.325 e. The van der Waals surface area contributed by atoms with Gasteiger partial charge in [0.15, 0.2) is 0 Å². The number of amides is 1. The van der Waals surface area contributed by atoms with Crippen LogP contribution in [-0.2, 0) is 15.6 Å². The molecular weight excluding hydrogens is 429 g/mol. The zero-order valence-corrected chi connectivity index (χ0v) is 19.9. The van der Waals surface area contributed by atoms with Gasteiger partial charge in [0.05, 0.1) is 27.8 Å². The standard InChI is InChI=1S/C25H25Cl2N3O/c1-13-8-18-19(9-14(13)2)30-21-20(29-18)24(5)6-7-25(21,23(24,3)4)22(31)28-17-11-15(26)10-16(27)12-17/h8-12H,6-7H2,1-5H3,(H,28,31). The van der Waals surface area contributed by atoms with E-state index in [-0.39, 0.29) is 16.7 Å². The summed E-state index contributed by atoms with van der Waals surface area (Å²) < 4.78 is 0. The molecule has 2 bridgehead atoms. The van der Waals surface area contributed by atoms with E-state index in [0.29, 0.717) is 15.7 Å². The van der Waals surface area contributed by atoms with E-state index in [1.54, 1.807) is 18.2 Å². The molecule has 0 aliphatic heterocycles. The van der Waals surface area contributed by atoms with Crippen LogP contribution in [0.25, 0.3) is 11.0 Å². The molecule has 31 heavy (non-hydrogen) atoms. The first kappa shape index (κ1) is 20.7. The molecule has 1 fully saturated rings. The predicted octanol–water partition coefficient (Wildman–Crippen LogP) is 6.52. The summed E-state index contributed by atoms with van der Waals surface area (Å²) in [6, 6.07) is 9.26. The number of anilines is 1. The monoisotopic (exact) mass is 453 g/mol. The van der Waals surface area contributed by atoms with Gasteiger partial charge < -0.3 is 5.32 Å². The number of benzene rings is 2. The minimum atomic E-state index is -0.772. The number of hydrogen-bond acceptors (Lipinski definition) is 3. The minimum absolute atomic E-state index is 0.0733. The lowest BCUT2D eigenvalue weighted by molar-refractivity contribution is -0.125. The summed E-state index contributed by atoms with van der Waals surface area (Å²) in [6.45, 7) is 10.7. The number of aryl methyl sites for hydroxylation is 2. The topological polar surface area (TPSA) is 54.9 Å². The Morgan fingerprint density at radius 1 is 0.871 bits per heavy atom. The first-order valence-electron chi connectivity index (χ1n) is 10.6. The fraction of sp³-hybridized carbons (Fsp3) is 0.400. The Morgan fingerprint density at radius 3 is 2.00 bits per heavy atom. The summed E-state index contributed by atoms with van der Waals surface area (Å²) in [5, 5.41) is 4.06. The molecule has 160 valence electrons. The van der Waals surface area contributed by atoms with E-state index in [2.05, 4.69) is 52.1 Å². The van der Waals surface area contributed by atoms with Crippen LogP contribution in [0.5, 0.6) is 0 Å². The number of carbonyl (C=O) groups excluding carboxylic acids is 1. The van der Waals surface area contributed by atoms with Crippen molar-refractivity contribution in [1.82, 2.24) is 9.97 Å². The summed E-state index contributed by atoms with van der Waals surface area (Å²) in [4.78, 5) is 24.1. The van der Waals surface area contributed by atoms with Crippen molar-refractivity contribution in [3.63, 3.8) is 0 Å². The van der Waals surface area contributed by atoms with Gasteiger partial charge in [-0.1, -0.05) is 44.0 Å². The van der Waals surface area contributed by atoms with Gasteiger partial charge in [0.2, 0.25) is 5.91 Å². The summed E-state index contributed by atoms with van der Waals surface area (Å²) in [5.41, 5.74) is 5.10. The van der Waals surface area contributed by atoms with Gasteiger partial charge in [-0.05, 0) is 73.6 Å². The van der Waals surface area contributed by atoms with Crippen molar-refractivity contribution >= 4 is 45.8 Å². The van der Waals surface area contributed by atoms with Crippen LogP contribution in [-0.4, -0.2) is 15.9 Å². The number of fused-ring (bicyclic) bond motifs is 6. The largest absolute Gasteiger partial charge is 0.325 e. The molecule has 2 aromatic carbocycles. The van der Waals surface area contributed by atoms with Crippen molar-refractivity contribution < 1.29 is 4.79 Å². The molecule has 3 aromatic rings. The van der Waals surface area contributed by atoms with E-state index in [4.69, 9.17) is 33.2 Å². The van der Waals surface area contributed by atoms with Gasteiger partial charge in [0.1, 0.15) is 0 Å². The first-order chi connectivity index (χ1) is 14.5. The Morgan fingerprint density at radius 2 is 1.42 bits per heavy atom. The number of halogens is 2. The molecule has 1 saturated carbocycles. The van der Waals surface area contributed by atoms with E-state index in [0.717, 1.165) is 35.3 Å². The van der Waals surface area contributed by atoms with Crippen LogP contribution in [0.4, 0.5) is 5.69 Å². The Balaban J connectivity index is 1.71. The number of hydrogen-bond donors (Lipinski definition) is 1. The van der Waals surface area contributed by atoms with Crippen molar-refractivity contribution in [3.8, 4) is 0 Å². The Kier molecular flexibility index (Phi) is 4.30. The third-order valence-electron chi connectivity index (χ3n) is 8.16. The third kappa shape index (κ3) is 2.58. The molecule has 5 rings (SSSR count). The quantitative estimate of drug-likeness (QED) is 0.480. The van der Waals surface area contributed by atoms with Crippen LogP contribution in [0, 0.1) is 19.3 Å². The van der Waals surface area contributed by atoms with Gasteiger partial charge in [0, 0.05) is 21.1 Å². The zero-order chi connectivity index (χ0) is 22.3. The SMILES string of the molecule is Cc1cc2nc3c(nc2cc1C)C1(C(=O)Nc2cc(Cl)cc(Cl)c2)CCC3(C)C1(C)C. The van der Waals surface area contributed by atoms with Gasteiger partial charge in [0.25, 0.3) is 0 Å². The van der Waals surface area contributed by atoms with Gasteiger partial charge in [-0.2, -0.15) is 0 Å². The highest BCUT2D eigenvalue weighted by molar-refractivity contribution is 6.35. The highest BCUT2D eigenvalue weighted by atomic mass is 35.5. The van der Waals surface area contributed by atoms with Crippen molar-refractivity contribution in [2.75, 3.05) is 5.32 Å². The molecule has 0 saturated heterocycles. The molecule has 0 radical (unpaired) electrons. The van der Waals surface area contributed by atoms with Gasteiger partial charge in [-0.25, -0.2) is 9.97 Å². The number of carbonyl (C=O) groups is 1. The molecule has 0 spiro atoms. The van der Waals surface area contributed by atoms with Crippen molar-refractivity contribution in [2.24, 2.45) is 5.41 Å². The molecule has 2 aliphatic rings. The average molecular weight is 454 g/mol. The Bertz CT molecular complexity index is 1270. The molecule has 6 heteroatoms. The Labute approximate surface area is 192 Å². The van der Waals surface area contributed by atoms with Gasteiger partial charge in [-0.15, -0.1) is 0 Å². The van der Waals surface area contributed by atoms with Crippen LogP contribution in [0.3, 0.4) is 0 Å². The van der Waals surface area contributed by atoms with Crippen molar-refractivity contribution in [3.05, 3.63) is 62.9 Å². The first-order valence-corrected chi connectivity index (χ1v) is 11.3. The molecule has 4 nitrogen and oxygen atoms in total. The number of rotatable bonds is 2. The highest BCUT2D eigenvalue weighted by Gasteiger charge is 2.73. The highest BCUT2D eigenvalue weighted by Crippen LogP contribution is 2.70. The number of nitrogens with one attached hydrogen (secondary N) is 1. The zero-order valence-electron chi connectivity index (χ0n) is 18.4. The van der Waals surface area contributed by atoms with E-state index in [9.17, 15) is 4.79 Å². The van der Waals surface area contributed by atoms with Crippen LogP contribution in [0.2, 0.25) is 10.0 Å². The molecule has 1 amide bonds. The summed E-state index contributed by atoms with van der Waals surface area (Å²) >= 11 is 12.3. The van der Waals surface area contributed by atoms with Crippen molar-refractivity contribution in [2.45, 2.75) is 58.3 Å². The van der Waals surface area contributed by atoms with Crippen LogP contribution < -0.4 is 5.32 Å². The lowest BCUT2D eigenvalue weighted by atomic mass is 9.63. The lowest BCUT2D eigenvalue weighted by Gasteiger charge is -2.39. The normalized spacial score (nSPS) is 25.6. The summed E-state index contributed by atoms with van der Waals surface area (Å²) in [6.07, 6.45) is 1.62. The Hall–Kier alpha value is -2.17. The summed E-state index contributed by atoms with van der Waals surface area (Å²) in [7, 11) is 0. The second kappa shape index (κ2) is 6.43. The van der Waals surface area contributed by atoms with Crippen molar-refractivity contribution in [1.29, 1.82) is 0 Å². The molecular formula is C25H25Cl2N3O. The lowest BCUT2D eigenvalue weighted by Crippen LogP contribution is -2.48. The number of nitrogens with zero attached hydrogens (tertiary/aromatic N) is 2. The summed E-state index contributed by atoms with van der Waals surface area (Å²) in [5.74, 6) is -0.0733. The molecule has 1 aromatic heterocycles. The maximum Gasteiger partial charge on any atom is 0.237 e. The molecule has 1 N–H and O–H groups in total. The third-order valence-corrected chi connectivity index (χ3v) is 8.60. The fourth-order valence-corrected chi connectivity index (χ4v) is 6.25.